The molecule has 0 rings (SSSR count). The standard InChI is InChI=1S/C19H42P.ClH/c1-5-6-7-8-9-10-11-12-13-14-15-16-17-18-19-20(2,3)4;/h5-19H2,1-4H3;1H/q+1;/p-1. The molecule has 130 valence electrons. The van der Waals surface area contributed by atoms with Crippen LogP contribution in [0.1, 0.15) is 96.8 Å². The van der Waals surface area contributed by atoms with Crippen LogP contribution in [0, 0.1) is 0 Å². The molecule has 0 heterocycles. The minimum Gasteiger partial charge on any atom is -1.00 e. The zero-order valence-electron chi connectivity index (χ0n) is 15.4. The van der Waals surface area contributed by atoms with Gasteiger partial charge in [-0.1, -0.05) is 84.0 Å². The predicted molar refractivity (Wildman–Crippen MR) is 99.9 cm³/mol. The van der Waals surface area contributed by atoms with Crippen molar-refractivity contribution in [2.24, 2.45) is 0 Å². The van der Waals surface area contributed by atoms with Gasteiger partial charge in [0.25, 0.3) is 0 Å². The molecule has 0 fully saturated rings. The van der Waals surface area contributed by atoms with Gasteiger partial charge in [0.05, 0.1) is 6.16 Å². The van der Waals surface area contributed by atoms with Gasteiger partial charge in [-0.15, -0.1) is 0 Å². The second kappa shape index (κ2) is 17.1. The molecule has 0 aromatic heterocycles. The monoisotopic (exact) mass is 336 g/mol. The molecule has 0 saturated carbocycles. The van der Waals surface area contributed by atoms with Crippen molar-refractivity contribution in [3.8, 4) is 0 Å². The van der Waals surface area contributed by atoms with Crippen LogP contribution in [0.25, 0.3) is 0 Å². The molecule has 0 bridgehead atoms. The molecule has 0 aliphatic heterocycles. The highest BCUT2D eigenvalue weighted by Crippen LogP contribution is 2.47. The summed E-state index contributed by atoms with van der Waals surface area (Å²) in [4.78, 5) is 0. The predicted octanol–water partition coefficient (Wildman–Crippen LogP) is 4.38. The molecule has 0 saturated heterocycles. The van der Waals surface area contributed by atoms with E-state index < -0.39 is 7.26 Å². The molecule has 0 amide bonds. The van der Waals surface area contributed by atoms with Gasteiger partial charge in [0, 0.05) is 27.3 Å². The fraction of sp³-hybridized carbons (Fsp3) is 1.00. The molecule has 0 aliphatic rings. The zero-order valence-corrected chi connectivity index (χ0v) is 17.1. The molecule has 0 unspecified atom stereocenters. The molecule has 0 N–H and O–H groups in total. The lowest BCUT2D eigenvalue weighted by molar-refractivity contribution is -0.00000477. The molecule has 21 heavy (non-hydrogen) atoms. The molecule has 0 aromatic carbocycles. The Labute approximate surface area is 143 Å². The first-order chi connectivity index (χ1) is 9.56. The first-order valence-electron chi connectivity index (χ1n) is 9.36. The lowest BCUT2D eigenvalue weighted by Crippen LogP contribution is -3.00. The lowest BCUT2D eigenvalue weighted by atomic mass is 10.0. The van der Waals surface area contributed by atoms with E-state index in [4.69, 9.17) is 0 Å². The normalized spacial score (nSPS) is 11.4. The third-order valence-corrected chi connectivity index (χ3v) is 5.84. The number of halogens is 1. The molecule has 0 atom stereocenters. The fourth-order valence-corrected chi connectivity index (χ4v) is 3.95. The Balaban J connectivity index is 0. The van der Waals surface area contributed by atoms with Crippen molar-refractivity contribution in [2.45, 2.75) is 96.8 Å². The van der Waals surface area contributed by atoms with Crippen molar-refractivity contribution < 1.29 is 12.4 Å². The van der Waals surface area contributed by atoms with Gasteiger partial charge in [0.15, 0.2) is 0 Å². The summed E-state index contributed by atoms with van der Waals surface area (Å²) in [6.07, 6.45) is 22.1. The van der Waals surface area contributed by atoms with Gasteiger partial charge in [-0.3, -0.25) is 0 Å². The third-order valence-electron chi connectivity index (χ3n) is 4.18. The van der Waals surface area contributed by atoms with Crippen LogP contribution < -0.4 is 12.4 Å². The second-order valence-corrected chi connectivity index (χ2v) is 12.6. The van der Waals surface area contributed by atoms with Crippen LogP contribution in [-0.2, 0) is 0 Å². The van der Waals surface area contributed by atoms with Crippen molar-refractivity contribution in [3.63, 3.8) is 0 Å². The van der Waals surface area contributed by atoms with E-state index in [1.54, 1.807) is 0 Å². The van der Waals surface area contributed by atoms with Crippen LogP contribution in [0.3, 0.4) is 0 Å². The number of hydrogen-bond acceptors (Lipinski definition) is 0. The number of unbranched alkanes of at least 4 members (excludes halogenated alkanes) is 13. The maximum absolute atomic E-state index is 2.47. The molecular weight excluding hydrogens is 295 g/mol. The van der Waals surface area contributed by atoms with Gasteiger partial charge in [-0.2, -0.15) is 0 Å². The SMILES string of the molecule is CCCCCCCCCCCCCCCC[P+](C)(C)C.[Cl-]. The van der Waals surface area contributed by atoms with Crippen molar-refractivity contribution in [1.29, 1.82) is 0 Å². The summed E-state index contributed by atoms with van der Waals surface area (Å²) in [7, 11) is -0.500. The molecule has 0 spiro atoms. The maximum atomic E-state index is 2.47. The smallest absolute Gasteiger partial charge is 0.0586 e. The van der Waals surface area contributed by atoms with E-state index >= 15 is 0 Å². The molecule has 0 radical (unpaired) electrons. The highest BCUT2D eigenvalue weighted by Gasteiger charge is 2.15. The van der Waals surface area contributed by atoms with E-state index in [0.29, 0.717) is 0 Å². The van der Waals surface area contributed by atoms with Gasteiger partial charge in [-0.25, -0.2) is 0 Å². The molecule has 0 aromatic rings. The summed E-state index contributed by atoms with van der Waals surface area (Å²) in [5, 5.41) is 0. The summed E-state index contributed by atoms with van der Waals surface area (Å²) < 4.78 is 0. The van der Waals surface area contributed by atoms with E-state index in [9.17, 15) is 0 Å². The average molecular weight is 337 g/mol. The van der Waals surface area contributed by atoms with E-state index in [1.165, 1.54) is 96.1 Å². The van der Waals surface area contributed by atoms with Crippen LogP contribution in [0.4, 0.5) is 0 Å². The van der Waals surface area contributed by atoms with Crippen molar-refractivity contribution in [2.75, 3.05) is 26.2 Å². The van der Waals surface area contributed by atoms with Gasteiger partial charge in [0.1, 0.15) is 0 Å². The minimum atomic E-state index is -0.500. The van der Waals surface area contributed by atoms with E-state index in [1.807, 2.05) is 0 Å². The summed E-state index contributed by atoms with van der Waals surface area (Å²) in [6, 6.07) is 0. The quantitative estimate of drug-likeness (QED) is 0.307. The van der Waals surface area contributed by atoms with Gasteiger partial charge >= 0.3 is 0 Å². The Morgan fingerprint density at radius 1 is 0.476 bits per heavy atom. The Kier molecular flexibility index (Phi) is 19.5. The van der Waals surface area contributed by atoms with E-state index in [-0.39, 0.29) is 12.4 Å². The fourth-order valence-electron chi connectivity index (χ4n) is 2.78. The van der Waals surface area contributed by atoms with Crippen LogP contribution in [0.5, 0.6) is 0 Å². The Hall–Kier alpha value is 0.720. The Morgan fingerprint density at radius 3 is 1.05 bits per heavy atom. The summed E-state index contributed by atoms with van der Waals surface area (Å²) in [5.74, 6) is 0. The first kappa shape index (κ1) is 24.0. The topological polar surface area (TPSA) is 0 Å². The second-order valence-electron chi connectivity index (χ2n) is 7.61. The van der Waals surface area contributed by atoms with E-state index in [2.05, 4.69) is 26.9 Å². The summed E-state index contributed by atoms with van der Waals surface area (Å²) in [5.41, 5.74) is 0. The number of rotatable bonds is 15. The lowest BCUT2D eigenvalue weighted by Gasteiger charge is -2.10. The van der Waals surface area contributed by atoms with Gasteiger partial charge in [-0.05, 0) is 12.8 Å². The summed E-state index contributed by atoms with van der Waals surface area (Å²) in [6.45, 7) is 9.70. The van der Waals surface area contributed by atoms with E-state index in [0.717, 1.165) is 0 Å². The summed E-state index contributed by atoms with van der Waals surface area (Å²) >= 11 is 0. The number of hydrogen-bond donors (Lipinski definition) is 0. The van der Waals surface area contributed by atoms with Crippen molar-refractivity contribution >= 4 is 7.26 Å². The highest BCUT2D eigenvalue weighted by atomic mass is 35.5. The van der Waals surface area contributed by atoms with Crippen LogP contribution in [0.15, 0.2) is 0 Å². The largest absolute Gasteiger partial charge is 1.00 e. The highest BCUT2D eigenvalue weighted by molar-refractivity contribution is 7.73. The van der Waals surface area contributed by atoms with Gasteiger partial charge in [0.2, 0.25) is 0 Å². The van der Waals surface area contributed by atoms with Crippen LogP contribution in [0.2, 0.25) is 0 Å². The Morgan fingerprint density at radius 2 is 0.762 bits per heavy atom. The Bertz CT molecular complexity index is 186. The average Bonchev–Trinajstić information content (AvgIpc) is 2.38. The van der Waals surface area contributed by atoms with Gasteiger partial charge < -0.3 is 12.4 Å². The molecule has 2 heteroatoms. The third kappa shape index (κ3) is 23.1. The molecular formula is C19H42ClP. The first-order valence-corrected chi connectivity index (χ1v) is 12.7. The van der Waals surface area contributed by atoms with Crippen LogP contribution >= 0.6 is 7.26 Å². The minimum absolute atomic E-state index is 0. The zero-order chi connectivity index (χ0) is 15.1. The molecule has 0 nitrogen and oxygen atoms in total. The van der Waals surface area contributed by atoms with Crippen LogP contribution in [-0.4, -0.2) is 26.2 Å². The maximum Gasteiger partial charge on any atom is 0.0586 e. The molecule has 0 aliphatic carbocycles. The van der Waals surface area contributed by atoms with Crippen molar-refractivity contribution in [1.82, 2.24) is 0 Å². The van der Waals surface area contributed by atoms with Crippen molar-refractivity contribution in [3.05, 3.63) is 0 Å².